The van der Waals surface area contributed by atoms with Gasteiger partial charge in [-0.3, -0.25) is 0 Å². The van der Waals surface area contributed by atoms with Crippen LogP contribution in [0.4, 0.5) is 0 Å². The Morgan fingerprint density at radius 3 is 2.32 bits per heavy atom. The first-order chi connectivity index (χ1) is 9.30. The van der Waals surface area contributed by atoms with Gasteiger partial charge < -0.3 is 24.6 Å². The largest absolute Gasteiger partial charge is 0.394 e. The van der Waals surface area contributed by atoms with Crippen LogP contribution in [0.3, 0.4) is 0 Å². The van der Waals surface area contributed by atoms with E-state index in [1.807, 2.05) is 0 Å². The second kappa shape index (κ2) is 7.55. The molecule has 0 radical (unpaired) electrons. The molecule has 0 heterocycles. The zero-order chi connectivity index (χ0) is 13.6. The van der Waals surface area contributed by atoms with Gasteiger partial charge in [-0.05, 0) is 31.6 Å². The highest BCUT2D eigenvalue weighted by Gasteiger charge is 2.47. The molecule has 2 N–H and O–H groups in total. The number of aliphatic hydroxyl groups is 1. The maximum atomic E-state index is 9.75. The van der Waals surface area contributed by atoms with Crippen LogP contribution in [0, 0.1) is 5.92 Å². The molecule has 1 atom stereocenters. The number of rotatable bonds is 12. The van der Waals surface area contributed by atoms with Crippen molar-refractivity contribution >= 4 is 0 Å². The van der Waals surface area contributed by atoms with E-state index in [0.717, 1.165) is 0 Å². The lowest BCUT2D eigenvalue weighted by Crippen LogP contribution is -2.55. The first-order valence-electron chi connectivity index (χ1n) is 7.34. The molecule has 5 heteroatoms. The maximum absolute atomic E-state index is 9.75. The van der Waals surface area contributed by atoms with E-state index in [1.54, 1.807) is 7.11 Å². The van der Waals surface area contributed by atoms with Crippen molar-refractivity contribution in [2.75, 3.05) is 46.8 Å². The molecule has 0 aliphatic heterocycles. The van der Waals surface area contributed by atoms with Crippen LogP contribution in [0.5, 0.6) is 0 Å². The van der Waals surface area contributed by atoms with Crippen LogP contribution in [0.15, 0.2) is 0 Å². The second-order valence-electron chi connectivity index (χ2n) is 5.66. The minimum absolute atomic E-state index is 0.165. The van der Waals surface area contributed by atoms with Gasteiger partial charge in [0.1, 0.15) is 0 Å². The van der Waals surface area contributed by atoms with Crippen molar-refractivity contribution in [3.63, 3.8) is 0 Å². The highest BCUT2D eigenvalue weighted by molar-refractivity contribution is 5.04. The van der Waals surface area contributed by atoms with Crippen molar-refractivity contribution in [2.45, 2.75) is 37.3 Å². The quantitative estimate of drug-likeness (QED) is 0.509. The van der Waals surface area contributed by atoms with Crippen LogP contribution >= 0.6 is 0 Å². The van der Waals surface area contributed by atoms with E-state index in [2.05, 4.69) is 5.32 Å². The summed E-state index contributed by atoms with van der Waals surface area (Å²) in [6.45, 7) is 3.13. The lowest BCUT2D eigenvalue weighted by molar-refractivity contribution is -0.0124. The first kappa shape index (κ1) is 15.2. The molecule has 2 aliphatic carbocycles. The van der Waals surface area contributed by atoms with E-state index in [1.165, 1.54) is 25.7 Å². The standard InChI is InChI=1S/C14H27NO4/c1-17-6-7-18-8-9-19-11-14(10-16,12-2-3-12)15-13-4-5-13/h12-13,15-16H,2-11H2,1H3. The topological polar surface area (TPSA) is 60.0 Å². The predicted molar refractivity (Wildman–Crippen MR) is 72.2 cm³/mol. The minimum atomic E-state index is -0.215. The molecular formula is C14H27NO4. The van der Waals surface area contributed by atoms with E-state index in [4.69, 9.17) is 14.2 Å². The summed E-state index contributed by atoms with van der Waals surface area (Å²) in [5, 5.41) is 13.3. The molecule has 0 aromatic heterocycles. The fraction of sp³-hybridized carbons (Fsp3) is 1.00. The molecular weight excluding hydrogens is 246 g/mol. The van der Waals surface area contributed by atoms with Crippen molar-refractivity contribution in [3.05, 3.63) is 0 Å². The molecule has 0 aromatic carbocycles. The highest BCUT2D eigenvalue weighted by Crippen LogP contribution is 2.41. The summed E-state index contributed by atoms with van der Waals surface area (Å²) in [5.41, 5.74) is -0.215. The van der Waals surface area contributed by atoms with E-state index < -0.39 is 0 Å². The molecule has 2 fully saturated rings. The Hall–Kier alpha value is -0.200. The molecule has 1 unspecified atom stereocenters. The monoisotopic (exact) mass is 273 g/mol. The molecule has 2 rings (SSSR count). The Kier molecular flexibility index (Phi) is 6.04. The number of ether oxygens (including phenoxy) is 3. The summed E-state index contributed by atoms with van der Waals surface area (Å²) in [6.07, 6.45) is 4.87. The number of aliphatic hydroxyl groups excluding tert-OH is 1. The van der Waals surface area contributed by atoms with Crippen molar-refractivity contribution < 1.29 is 19.3 Å². The van der Waals surface area contributed by atoms with Crippen LogP contribution in [-0.2, 0) is 14.2 Å². The van der Waals surface area contributed by atoms with E-state index >= 15 is 0 Å². The van der Waals surface area contributed by atoms with E-state index in [-0.39, 0.29) is 12.1 Å². The Morgan fingerprint density at radius 2 is 1.74 bits per heavy atom. The molecule has 0 saturated heterocycles. The average Bonchev–Trinajstić information content (AvgIpc) is 3.28. The summed E-state index contributed by atoms with van der Waals surface area (Å²) in [6, 6.07) is 0.592. The van der Waals surface area contributed by atoms with Crippen LogP contribution in [0.2, 0.25) is 0 Å². The van der Waals surface area contributed by atoms with Gasteiger partial charge in [-0.2, -0.15) is 0 Å². The van der Waals surface area contributed by atoms with Gasteiger partial charge in [-0.15, -0.1) is 0 Å². The summed E-state index contributed by atoms with van der Waals surface area (Å²) in [4.78, 5) is 0. The molecule has 0 aromatic rings. The van der Waals surface area contributed by atoms with Gasteiger partial charge >= 0.3 is 0 Å². The van der Waals surface area contributed by atoms with Crippen LogP contribution in [0.25, 0.3) is 0 Å². The molecule has 2 saturated carbocycles. The van der Waals surface area contributed by atoms with Crippen molar-refractivity contribution in [3.8, 4) is 0 Å². The Bertz CT molecular complexity index is 256. The van der Waals surface area contributed by atoms with Crippen LogP contribution in [-0.4, -0.2) is 63.4 Å². The number of hydrogen-bond donors (Lipinski definition) is 2. The number of nitrogens with one attached hydrogen (secondary N) is 1. The number of methoxy groups -OCH3 is 1. The second-order valence-corrected chi connectivity index (χ2v) is 5.66. The van der Waals surface area contributed by atoms with Crippen LogP contribution < -0.4 is 5.32 Å². The van der Waals surface area contributed by atoms with Gasteiger partial charge in [0.15, 0.2) is 0 Å². The van der Waals surface area contributed by atoms with Crippen molar-refractivity contribution in [1.29, 1.82) is 0 Å². The zero-order valence-electron chi connectivity index (χ0n) is 11.9. The van der Waals surface area contributed by atoms with Crippen LogP contribution in [0.1, 0.15) is 25.7 Å². The summed E-state index contributed by atoms with van der Waals surface area (Å²) < 4.78 is 16.0. The third-order valence-corrected chi connectivity index (χ3v) is 3.87. The molecule has 19 heavy (non-hydrogen) atoms. The molecule has 2 aliphatic rings. The number of hydrogen-bond acceptors (Lipinski definition) is 5. The van der Waals surface area contributed by atoms with Crippen molar-refractivity contribution in [1.82, 2.24) is 5.32 Å². The summed E-state index contributed by atoms with van der Waals surface area (Å²) >= 11 is 0. The van der Waals surface area contributed by atoms with Gasteiger partial charge in [-0.25, -0.2) is 0 Å². The Labute approximate surface area is 115 Å². The van der Waals surface area contributed by atoms with E-state index in [0.29, 0.717) is 45.0 Å². The molecule has 0 bridgehead atoms. The summed E-state index contributed by atoms with van der Waals surface area (Å²) in [7, 11) is 1.66. The maximum Gasteiger partial charge on any atom is 0.0701 e. The van der Waals surface area contributed by atoms with Gasteiger partial charge in [0.25, 0.3) is 0 Å². The lowest BCUT2D eigenvalue weighted by atomic mass is 9.95. The van der Waals surface area contributed by atoms with Gasteiger partial charge in [0.2, 0.25) is 0 Å². The smallest absolute Gasteiger partial charge is 0.0701 e. The van der Waals surface area contributed by atoms with E-state index in [9.17, 15) is 5.11 Å². The average molecular weight is 273 g/mol. The van der Waals surface area contributed by atoms with Crippen molar-refractivity contribution in [2.24, 2.45) is 5.92 Å². The highest BCUT2D eigenvalue weighted by atomic mass is 16.5. The van der Waals surface area contributed by atoms with Gasteiger partial charge in [0.05, 0.1) is 45.2 Å². The molecule has 5 nitrogen and oxygen atoms in total. The Balaban J connectivity index is 1.62. The molecule has 112 valence electrons. The summed E-state index contributed by atoms with van der Waals surface area (Å²) in [5.74, 6) is 0.576. The third kappa shape index (κ3) is 5.00. The normalized spacial score (nSPS) is 22.4. The fourth-order valence-electron chi connectivity index (χ4n) is 2.38. The molecule has 0 amide bonds. The first-order valence-corrected chi connectivity index (χ1v) is 7.34. The van der Waals surface area contributed by atoms with Gasteiger partial charge in [0, 0.05) is 13.2 Å². The Morgan fingerprint density at radius 1 is 1.05 bits per heavy atom. The zero-order valence-corrected chi connectivity index (χ0v) is 11.9. The SMILES string of the molecule is COCCOCCOCC(CO)(NC1CC1)C1CC1. The fourth-order valence-corrected chi connectivity index (χ4v) is 2.38. The lowest BCUT2D eigenvalue weighted by Gasteiger charge is -2.33. The minimum Gasteiger partial charge on any atom is -0.394 e. The third-order valence-electron chi connectivity index (χ3n) is 3.87. The predicted octanol–water partition coefficient (Wildman–Crippen LogP) is 0.559. The molecule has 0 spiro atoms. The van der Waals surface area contributed by atoms with Gasteiger partial charge in [-0.1, -0.05) is 0 Å².